The Morgan fingerprint density at radius 2 is 2.00 bits per heavy atom. The third kappa shape index (κ3) is 3.92. The summed E-state index contributed by atoms with van der Waals surface area (Å²) in [7, 11) is 0. The van der Waals surface area contributed by atoms with Crippen LogP contribution >= 0.6 is 0 Å². The van der Waals surface area contributed by atoms with E-state index in [9.17, 15) is 4.79 Å². The fourth-order valence-corrected chi connectivity index (χ4v) is 1.80. The van der Waals surface area contributed by atoms with E-state index in [1.165, 1.54) is 12.1 Å². The lowest BCUT2D eigenvalue weighted by Gasteiger charge is -2.23. The summed E-state index contributed by atoms with van der Waals surface area (Å²) in [6, 6.07) is 6.47. The number of carbonyl (C=O) groups excluding carboxylic acids is 1. The van der Waals surface area contributed by atoms with E-state index in [-0.39, 0.29) is 24.3 Å². The summed E-state index contributed by atoms with van der Waals surface area (Å²) in [4.78, 5) is 11.6. The lowest BCUT2D eigenvalue weighted by Crippen LogP contribution is -2.41. The molecule has 0 bridgehead atoms. The Hall–Kier alpha value is -1.75. The molecule has 1 aliphatic heterocycles. The number of phenols is 1. The number of benzene rings is 1. The van der Waals surface area contributed by atoms with Gasteiger partial charge in [0.25, 0.3) is 5.91 Å². The Balaban J connectivity index is 1.72. The molecular formula is C13H17NO4. The van der Waals surface area contributed by atoms with Crippen LogP contribution in [0.2, 0.25) is 0 Å². The van der Waals surface area contributed by atoms with E-state index in [4.69, 9.17) is 14.6 Å². The Bertz CT molecular complexity index is 384. The zero-order valence-corrected chi connectivity index (χ0v) is 10.1. The molecule has 1 aliphatic rings. The minimum atomic E-state index is -0.130. The molecule has 1 fully saturated rings. The van der Waals surface area contributed by atoms with Crippen LogP contribution in [0.4, 0.5) is 0 Å². The third-order valence-corrected chi connectivity index (χ3v) is 2.79. The second-order valence-electron chi connectivity index (χ2n) is 4.24. The number of hydrogen-bond acceptors (Lipinski definition) is 4. The molecule has 1 heterocycles. The van der Waals surface area contributed by atoms with Crippen molar-refractivity contribution in [1.29, 1.82) is 0 Å². The quantitative estimate of drug-likeness (QED) is 0.840. The SMILES string of the molecule is O=C(COc1ccc(O)cc1)NC1CCOCC1. The molecule has 1 saturated heterocycles. The van der Waals surface area contributed by atoms with E-state index in [1.807, 2.05) is 0 Å². The van der Waals surface area contributed by atoms with Gasteiger partial charge in [-0.1, -0.05) is 0 Å². The molecule has 2 N–H and O–H groups in total. The van der Waals surface area contributed by atoms with Gasteiger partial charge in [-0.2, -0.15) is 0 Å². The smallest absolute Gasteiger partial charge is 0.258 e. The van der Waals surface area contributed by atoms with Crippen LogP contribution < -0.4 is 10.1 Å². The van der Waals surface area contributed by atoms with Crippen LogP contribution in [0.1, 0.15) is 12.8 Å². The normalized spacial score (nSPS) is 16.2. The van der Waals surface area contributed by atoms with Gasteiger partial charge in [0.05, 0.1) is 0 Å². The average molecular weight is 251 g/mol. The van der Waals surface area contributed by atoms with Crippen molar-refractivity contribution >= 4 is 5.91 Å². The van der Waals surface area contributed by atoms with Gasteiger partial charge >= 0.3 is 0 Å². The summed E-state index contributed by atoms with van der Waals surface area (Å²) in [5.74, 6) is 0.610. The minimum Gasteiger partial charge on any atom is -0.508 e. The first-order valence-corrected chi connectivity index (χ1v) is 6.03. The summed E-state index contributed by atoms with van der Waals surface area (Å²) in [5, 5.41) is 12.0. The molecule has 0 aliphatic carbocycles. The first kappa shape index (κ1) is 12.7. The van der Waals surface area contributed by atoms with Crippen LogP contribution in [0.15, 0.2) is 24.3 Å². The van der Waals surface area contributed by atoms with E-state index >= 15 is 0 Å². The number of amides is 1. The molecule has 0 spiro atoms. The molecule has 5 nitrogen and oxygen atoms in total. The van der Waals surface area contributed by atoms with Crippen molar-refractivity contribution in [3.05, 3.63) is 24.3 Å². The summed E-state index contributed by atoms with van der Waals surface area (Å²) < 4.78 is 10.5. The standard InChI is InChI=1S/C13H17NO4/c15-11-1-3-12(4-2-11)18-9-13(16)14-10-5-7-17-8-6-10/h1-4,10,15H,5-9H2,(H,14,16). The highest BCUT2D eigenvalue weighted by molar-refractivity contribution is 5.77. The Morgan fingerprint density at radius 3 is 2.67 bits per heavy atom. The fourth-order valence-electron chi connectivity index (χ4n) is 1.80. The Kier molecular flexibility index (Phi) is 4.41. The molecule has 2 rings (SSSR count). The van der Waals surface area contributed by atoms with Gasteiger partial charge in [0.1, 0.15) is 11.5 Å². The van der Waals surface area contributed by atoms with Crippen molar-refractivity contribution < 1.29 is 19.4 Å². The zero-order chi connectivity index (χ0) is 12.8. The monoisotopic (exact) mass is 251 g/mol. The number of ether oxygens (including phenoxy) is 2. The van der Waals surface area contributed by atoms with Crippen molar-refractivity contribution in [3.63, 3.8) is 0 Å². The van der Waals surface area contributed by atoms with Gasteiger partial charge in [-0.15, -0.1) is 0 Å². The summed E-state index contributed by atoms with van der Waals surface area (Å²) in [5.41, 5.74) is 0. The second kappa shape index (κ2) is 6.26. The molecule has 1 amide bonds. The maximum atomic E-state index is 11.6. The highest BCUT2D eigenvalue weighted by Crippen LogP contribution is 2.15. The third-order valence-electron chi connectivity index (χ3n) is 2.79. The predicted molar refractivity (Wildman–Crippen MR) is 65.6 cm³/mol. The van der Waals surface area contributed by atoms with E-state index in [0.717, 1.165) is 12.8 Å². The maximum absolute atomic E-state index is 11.6. The largest absolute Gasteiger partial charge is 0.508 e. The van der Waals surface area contributed by atoms with Crippen molar-refractivity contribution in [2.75, 3.05) is 19.8 Å². The highest BCUT2D eigenvalue weighted by Gasteiger charge is 2.16. The number of carbonyl (C=O) groups is 1. The average Bonchev–Trinajstić information content (AvgIpc) is 2.39. The topological polar surface area (TPSA) is 67.8 Å². The minimum absolute atomic E-state index is 0.0118. The maximum Gasteiger partial charge on any atom is 0.258 e. The van der Waals surface area contributed by atoms with Gasteiger partial charge in [-0.05, 0) is 37.1 Å². The number of phenolic OH excluding ortho intramolecular Hbond substituents is 1. The predicted octanol–water partition coefficient (Wildman–Crippen LogP) is 1.07. The molecule has 18 heavy (non-hydrogen) atoms. The van der Waals surface area contributed by atoms with E-state index in [1.54, 1.807) is 12.1 Å². The van der Waals surface area contributed by atoms with Crippen molar-refractivity contribution in [2.45, 2.75) is 18.9 Å². The summed E-state index contributed by atoms with van der Waals surface area (Å²) >= 11 is 0. The molecule has 0 aromatic heterocycles. The van der Waals surface area contributed by atoms with Gasteiger partial charge in [0, 0.05) is 19.3 Å². The number of hydrogen-bond donors (Lipinski definition) is 2. The van der Waals surface area contributed by atoms with Crippen LogP contribution in [-0.4, -0.2) is 36.9 Å². The first-order chi connectivity index (χ1) is 8.74. The number of nitrogens with one attached hydrogen (secondary N) is 1. The number of aromatic hydroxyl groups is 1. The van der Waals surface area contributed by atoms with E-state index in [2.05, 4.69) is 5.32 Å². The summed E-state index contributed by atoms with van der Waals surface area (Å²) in [6.45, 7) is 1.38. The second-order valence-corrected chi connectivity index (χ2v) is 4.24. The van der Waals surface area contributed by atoms with Crippen LogP contribution in [0, 0.1) is 0 Å². The molecule has 0 unspecified atom stereocenters. The lowest BCUT2D eigenvalue weighted by atomic mass is 10.1. The van der Waals surface area contributed by atoms with Crippen LogP contribution in [0.5, 0.6) is 11.5 Å². The van der Waals surface area contributed by atoms with Crippen LogP contribution in [0.25, 0.3) is 0 Å². The lowest BCUT2D eigenvalue weighted by molar-refractivity contribution is -0.124. The molecular weight excluding hydrogens is 234 g/mol. The van der Waals surface area contributed by atoms with Crippen molar-refractivity contribution in [3.8, 4) is 11.5 Å². The van der Waals surface area contributed by atoms with Crippen LogP contribution in [0.3, 0.4) is 0 Å². The molecule has 0 radical (unpaired) electrons. The molecule has 98 valence electrons. The van der Waals surface area contributed by atoms with Gasteiger partial charge in [-0.3, -0.25) is 4.79 Å². The Morgan fingerprint density at radius 1 is 1.33 bits per heavy atom. The fraction of sp³-hybridized carbons (Fsp3) is 0.462. The van der Waals surface area contributed by atoms with E-state index < -0.39 is 0 Å². The molecule has 0 saturated carbocycles. The molecule has 0 atom stereocenters. The number of rotatable bonds is 4. The highest BCUT2D eigenvalue weighted by atomic mass is 16.5. The first-order valence-electron chi connectivity index (χ1n) is 6.03. The van der Waals surface area contributed by atoms with Crippen molar-refractivity contribution in [2.24, 2.45) is 0 Å². The Labute approximate surface area is 106 Å². The zero-order valence-electron chi connectivity index (χ0n) is 10.1. The summed E-state index contributed by atoms with van der Waals surface area (Å²) in [6.07, 6.45) is 1.70. The molecule has 5 heteroatoms. The molecule has 1 aromatic carbocycles. The van der Waals surface area contributed by atoms with E-state index in [0.29, 0.717) is 19.0 Å². The van der Waals surface area contributed by atoms with Crippen LogP contribution in [-0.2, 0) is 9.53 Å². The van der Waals surface area contributed by atoms with Gasteiger partial charge in [0.2, 0.25) is 0 Å². The van der Waals surface area contributed by atoms with Gasteiger partial charge < -0.3 is 19.9 Å². The van der Waals surface area contributed by atoms with Gasteiger partial charge in [-0.25, -0.2) is 0 Å². The van der Waals surface area contributed by atoms with Crippen molar-refractivity contribution in [1.82, 2.24) is 5.32 Å². The molecule has 1 aromatic rings. The van der Waals surface area contributed by atoms with Gasteiger partial charge in [0.15, 0.2) is 6.61 Å².